The SMILES string of the molecule is O=S(=O)(NCC[C@H](O)c1ccoc1)c1ccc2c(c1)OCCO2. The third kappa shape index (κ3) is 3.66. The van der Waals surface area contributed by atoms with E-state index in [1.807, 2.05) is 0 Å². The Balaban J connectivity index is 1.63. The van der Waals surface area contributed by atoms with Gasteiger partial charge in [0.2, 0.25) is 10.0 Å². The number of ether oxygens (including phenoxy) is 2. The summed E-state index contributed by atoms with van der Waals surface area (Å²) in [6.45, 7) is 0.938. The van der Waals surface area contributed by atoms with Crippen LogP contribution >= 0.6 is 0 Å². The van der Waals surface area contributed by atoms with Crippen LogP contribution in [0.15, 0.2) is 46.1 Å². The number of aliphatic hydroxyl groups excluding tert-OH is 1. The van der Waals surface area contributed by atoms with E-state index in [1.54, 1.807) is 12.1 Å². The fraction of sp³-hybridized carbons (Fsp3) is 0.333. The third-order valence-electron chi connectivity index (χ3n) is 3.46. The summed E-state index contributed by atoms with van der Waals surface area (Å²) in [7, 11) is -3.68. The van der Waals surface area contributed by atoms with Gasteiger partial charge in [-0.2, -0.15) is 0 Å². The van der Waals surface area contributed by atoms with Gasteiger partial charge in [0, 0.05) is 18.2 Å². The Hall–Kier alpha value is -2.03. The fourth-order valence-electron chi connectivity index (χ4n) is 2.24. The maximum atomic E-state index is 12.3. The van der Waals surface area contributed by atoms with E-state index in [0.29, 0.717) is 30.3 Å². The zero-order valence-electron chi connectivity index (χ0n) is 12.3. The fourth-order valence-corrected chi connectivity index (χ4v) is 3.30. The van der Waals surface area contributed by atoms with Crippen LogP contribution in [0.4, 0.5) is 0 Å². The molecule has 7 nitrogen and oxygen atoms in total. The number of sulfonamides is 1. The molecular weight excluding hydrogens is 322 g/mol. The molecule has 1 aromatic heterocycles. The van der Waals surface area contributed by atoms with Gasteiger partial charge in [0.25, 0.3) is 0 Å². The highest BCUT2D eigenvalue weighted by atomic mass is 32.2. The van der Waals surface area contributed by atoms with Crippen LogP contribution in [-0.2, 0) is 10.0 Å². The summed E-state index contributed by atoms with van der Waals surface area (Å²) < 4.78 is 42.6. The van der Waals surface area contributed by atoms with E-state index >= 15 is 0 Å². The average molecular weight is 339 g/mol. The summed E-state index contributed by atoms with van der Waals surface area (Å²) in [5.41, 5.74) is 0.614. The first kappa shape index (κ1) is 15.9. The Kier molecular flexibility index (Phi) is 4.56. The van der Waals surface area contributed by atoms with Crippen LogP contribution in [0, 0.1) is 0 Å². The van der Waals surface area contributed by atoms with E-state index in [2.05, 4.69) is 4.72 Å². The number of benzene rings is 1. The lowest BCUT2D eigenvalue weighted by Gasteiger charge is -2.19. The molecule has 0 unspecified atom stereocenters. The van der Waals surface area contributed by atoms with Gasteiger partial charge < -0.3 is 19.0 Å². The van der Waals surface area contributed by atoms with Crippen LogP contribution in [0.5, 0.6) is 11.5 Å². The molecule has 2 aromatic rings. The van der Waals surface area contributed by atoms with Gasteiger partial charge in [0.1, 0.15) is 13.2 Å². The highest BCUT2D eigenvalue weighted by Crippen LogP contribution is 2.32. The van der Waals surface area contributed by atoms with Crippen LogP contribution in [0.25, 0.3) is 0 Å². The largest absolute Gasteiger partial charge is 0.486 e. The standard InChI is InChI=1S/C15H17NO6S/c17-13(11-4-6-20-10-11)3-5-16-23(18,19)12-1-2-14-15(9-12)22-8-7-21-14/h1-2,4,6,9-10,13,16-17H,3,5,7-8H2/t13-/m0/s1. The third-order valence-corrected chi connectivity index (χ3v) is 4.92. The zero-order valence-corrected chi connectivity index (χ0v) is 13.1. The smallest absolute Gasteiger partial charge is 0.240 e. The van der Waals surface area contributed by atoms with Gasteiger partial charge in [-0.05, 0) is 24.6 Å². The van der Waals surface area contributed by atoms with Crippen molar-refractivity contribution in [1.82, 2.24) is 4.72 Å². The second-order valence-corrected chi connectivity index (χ2v) is 6.83. The van der Waals surface area contributed by atoms with Crippen molar-refractivity contribution in [3.63, 3.8) is 0 Å². The topological polar surface area (TPSA) is 98.0 Å². The van der Waals surface area contributed by atoms with Gasteiger partial charge in [-0.25, -0.2) is 13.1 Å². The minimum atomic E-state index is -3.68. The van der Waals surface area contributed by atoms with Gasteiger partial charge in [-0.1, -0.05) is 0 Å². The van der Waals surface area contributed by atoms with Crippen molar-refractivity contribution in [2.75, 3.05) is 19.8 Å². The van der Waals surface area contributed by atoms with E-state index in [4.69, 9.17) is 13.9 Å². The lowest BCUT2D eigenvalue weighted by atomic mass is 10.1. The molecule has 0 aliphatic carbocycles. The number of fused-ring (bicyclic) bond motifs is 1. The van der Waals surface area contributed by atoms with Crippen LogP contribution < -0.4 is 14.2 Å². The first-order valence-electron chi connectivity index (χ1n) is 7.16. The van der Waals surface area contributed by atoms with Gasteiger partial charge in [0.05, 0.1) is 23.5 Å². The minimum Gasteiger partial charge on any atom is -0.486 e. The zero-order chi connectivity index (χ0) is 16.3. The summed E-state index contributed by atoms with van der Waals surface area (Å²) in [5.74, 6) is 0.947. The molecule has 3 rings (SSSR count). The second kappa shape index (κ2) is 6.61. The monoisotopic (exact) mass is 339 g/mol. The van der Waals surface area contributed by atoms with Crippen molar-refractivity contribution >= 4 is 10.0 Å². The molecular formula is C15H17NO6S. The summed E-state index contributed by atoms with van der Waals surface area (Å²) in [4.78, 5) is 0.0968. The Morgan fingerprint density at radius 3 is 2.70 bits per heavy atom. The quantitative estimate of drug-likeness (QED) is 0.827. The minimum absolute atomic E-state index is 0.0968. The molecule has 0 bridgehead atoms. The molecule has 2 N–H and O–H groups in total. The predicted octanol–water partition coefficient (Wildman–Crippen LogP) is 1.45. The van der Waals surface area contributed by atoms with Gasteiger partial charge in [-0.15, -0.1) is 0 Å². The van der Waals surface area contributed by atoms with E-state index in [0.717, 1.165) is 0 Å². The maximum Gasteiger partial charge on any atom is 0.240 e. The maximum absolute atomic E-state index is 12.3. The van der Waals surface area contributed by atoms with Crippen molar-refractivity contribution in [3.05, 3.63) is 42.4 Å². The molecule has 124 valence electrons. The van der Waals surface area contributed by atoms with E-state index in [1.165, 1.54) is 24.7 Å². The molecule has 2 heterocycles. The first-order chi connectivity index (χ1) is 11.1. The number of furan rings is 1. The van der Waals surface area contributed by atoms with Crippen molar-refractivity contribution in [2.24, 2.45) is 0 Å². The average Bonchev–Trinajstić information content (AvgIpc) is 3.08. The number of aliphatic hydroxyl groups is 1. The lowest BCUT2D eigenvalue weighted by molar-refractivity contribution is 0.168. The predicted molar refractivity (Wildman–Crippen MR) is 80.9 cm³/mol. The highest BCUT2D eigenvalue weighted by Gasteiger charge is 2.19. The Morgan fingerprint density at radius 2 is 1.96 bits per heavy atom. The molecule has 0 fully saturated rings. The van der Waals surface area contributed by atoms with Crippen LogP contribution in [0.3, 0.4) is 0 Å². The van der Waals surface area contributed by atoms with E-state index in [-0.39, 0.29) is 17.9 Å². The van der Waals surface area contributed by atoms with Gasteiger partial charge >= 0.3 is 0 Å². The molecule has 0 radical (unpaired) electrons. The summed E-state index contributed by atoms with van der Waals surface area (Å²) in [6.07, 6.45) is 2.35. The van der Waals surface area contributed by atoms with E-state index < -0.39 is 16.1 Å². The Morgan fingerprint density at radius 1 is 1.17 bits per heavy atom. The van der Waals surface area contributed by atoms with Crippen molar-refractivity contribution in [2.45, 2.75) is 17.4 Å². The Bertz CT molecular complexity index is 756. The lowest BCUT2D eigenvalue weighted by Crippen LogP contribution is -2.26. The first-order valence-corrected chi connectivity index (χ1v) is 8.64. The van der Waals surface area contributed by atoms with Crippen molar-refractivity contribution < 1.29 is 27.4 Å². The van der Waals surface area contributed by atoms with Crippen LogP contribution in [-0.4, -0.2) is 33.3 Å². The number of hydrogen-bond donors (Lipinski definition) is 2. The van der Waals surface area contributed by atoms with E-state index in [9.17, 15) is 13.5 Å². The molecule has 1 aliphatic heterocycles. The molecule has 0 saturated heterocycles. The number of rotatable bonds is 6. The Labute approximate surface area is 133 Å². The van der Waals surface area contributed by atoms with Crippen molar-refractivity contribution in [1.29, 1.82) is 0 Å². The molecule has 1 aromatic carbocycles. The van der Waals surface area contributed by atoms with Gasteiger partial charge in [-0.3, -0.25) is 0 Å². The van der Waals surface area contributed by atoms with Crippen LogP contribution in [0.1, 0.15) is 18.1 Å². The molecule has 23 heavy (non-hydrogen) atoms. The molecule has 0 spiro atoms. The molecule has 1 atom stereocenters. The molecule has 1 aliphatic rings. The number of hydrogen-bond acceptors (Lipinski definition) is 6. The molecule has 0 saturated carbocycles. The summed E-state index contributed by atoms with van der Waals surface area (Å²) >= 11 is 0. The van der Waals surface area contributed by atoms with Crippen molar-refractivity contribution in [3.8, 4) is 11.5 Å². The summed E-state index contributed by atoms with van der Waals surface area (Å²) in [5, 5.41) is 9.90. The normalized spacial score (nSPS) is 15.3. The van der Waals surface area contributed by atoms with Crippen LogP contribution in [0.2, 0.25) is 0 Å². The highest BCUT2D eigenvalue weighted by molar-refractivity contribution is 7.89. The molecule has 8 heteroatoms. The second-order valence-electron chi connectivity index (χ2n) is 5.06. The molecule has 0 amide bonds. The van der Waals surface area contributed by atoms with Gasteiger partial charge in [0.15, 0.2) is 11.5 Å². The summed E-state index contributed by atoms with van der Waals surface area (Å²) in [6, 6.07) is 6.11. The number of nitrogens with one attached hydrogen (secondary N) is 1.